The number of amides is 2. The van der Waals surface area contributed by atoms with Crippen LogP contribution in [0, 0.1) is 0 Å². The van der Waals surface area contributed by atoms with Gasteiger partial charge in [0.2, 0.25) is 5.91 Å². The minimum atomic E-state index is -1.05. The summed E-state index contributed by atoms with van der Waals surface area (Å²) in [4.78, 5) is 22.0. The zero-order chi connectivity index (χ0) is 12.0. The summed E-state index contributed by atoms with van der Waals surface area (Å²) in [5, 5.41) is 6.04. The van der Waals surface area contributed by atoms with E-state index in [2.05, 4.69) is 10.6 Å². The third-order valence-corrected chi connectivity index (χ3v) is 1.89. The Labute approximate surface area is 94.0 Å². The lowest BCUT2D eigenvalue weighted by Crippen LogP contribution is -2.49. The first-order valence-corrected chi connectivity index (χ1v) is 4.87. The molecule has 1 aromatic rings. The Hall–Kier alpha value is -1.88. The van der Waals surface area contributed by atoms with Crippen molar-refractivity contribution in [1.29, 1.82) is 0 Å². The van der Waals surface area contributed by atoms with Crippen molar-refractivity contribution in [3.05, 3.63) is 35.9 Å². The number of hydrogen-bond acceptors (Lipinski definition) is 3. The van der Waals surface area contributed by atoms with Gasteiger partial charge in [0, 0.05) is 6.92 Å². The Morgan fingerprint density at radius 1 is 1.38 bits per heavy atom. The van der Waals surface area contributed by atoms with Crippen LogP contribution in [-0.4, -0.2) is 18.0 Å². The molecule has 0 spiro atoms. The summed E-state index contributed by atoms with van der Waals surface area (Å²) >= 11 is 0. The molecule has 1 aromatic carbocycles. The van der Waals surface area contributed by atoms with Gasteiger partial charge in [-0.05, 0) is 5.56 Å². The van der Waals surface area contributed by atoms with Crippen LogP contribution in [0.4, 0.5) is 0 Å². The van der Waals surface area contributed by atoms with Crippen LogP contribution < -0.4 is 16.4 Å². The van der Waals surface area contributed by atoms with Gasteiger partial charge in [0.25, 0.3) is 5.91 Å². The lowest BCUT2D eigenvalue weighted by atomic mass is 10.2. The average molecular weight is 220 g/mol. The first-order chi connectivity index (χ1) is 7.59. The number of nitrogens with two attached hydrogens (primary N) is 1. The van der Waals surface area contributed by atoms with E-state index in [1.807, 2.05) is 30.3 Å². The Bertz CT molecular complexity index is 365. The molecule has 5 nitrogen and oxygen atoms in total. The largest absolute Gasteiger partial charge is 0.333 e. The van der Waals surface area contributed by atoms with Crippen molar-refractivity contribution in [2.45, 2.75) is 19.6 Å². The quantitative estimate of drug-likeness (QED) is 0.685. The summed E-state index contributed by atoms with van der Waals surface area (Å²) in [7, 11) is 0. The van der Waals surface area contributed by atoms with Crippen LogP contribution in [-0.2, 0) is 16.1 Å². The second kappa shape index (κ2) is 5.87. The number of hydrogen-bond donors (Lipinski definition) is 2. The standard InChI is InChI=1S/C11H14N3O2/c1-8(15)14-10(12)11(16)13-7-9-5-3-2-4-6-9/h2-6,10H,7,12H2,1H3,(H,14,15). The molecule has 1 radical (unpaired) electrons. The highest BCUT2D eigenvalue weighted by atomic mass is 16.2. The summed E-state index contributed by atoms with van der Waals surface area (Å²) in [5.41, 5.74) is 6.33. The van der Waals surface area contributed by atoms with E-state index in [0.29, 0.717) is 0 Å². The van der Waals surface area contributed by atoms with E-state index in [-0.39, 0.29) is 12.5 Å². The second-order valence-electron chi connectivity index (χ2n) is 3.32. The van der Waals surface area contributed by atoms with Crippen LogP contribution in [0.3, 0.4) is 0 Å². The molecule has 0 fully saturated rings. The van der Waals surface area contributed by atoms with Gasteiger partial charge in [0.1, 0.15) is 0 Å². The SMILES string of the molecule is CC(=O)NC(N)C(=O)[N]Cc1ccccc1. The third kappa shape index (κ3) is 4.10. The van der Waals surface area contributed by atoms with Crippen LogP contribution in [0.15, 0.2) is 30.3 Å². The molecule has 0 aromatic heterocycles. The number of rotatable bonds is 4. The van der Waals surface area contributed by atoms with Crippen LogP contribution in [0.5, 0.6) is 0 Å². The van der Waals surface area contributed by atoms with Gasteiger partial charge in [-0.1, -0.05) is 30.3 Å². The van der Waals surface area contributed by atoms with Gasteiger partial charge >= 0.3 is 0 Å². The lowest BCUT2D eigenvalue weighted by Gasteiger charge is -2.10. The maximum atomic E-state index is 11.3. The minimum absolute atomic E-state index is 0.271. The third-order valence-electron chi connectivity index (χ3n) is 1.89. The van der Waals surface area contributed by atoms with E-state index in [1.54, 1.807) is 0 Å². The molecule has 0 aliphatic heterocycles. The van der Waals surface area contributed by atoms with Crippen molar-refractivity contribution in [3.8, 4) is 0 Å². The summed E-state index contributed by atoms with van der Waals surface area (Å²) in [6.07, 6.45) is -1.05. The predicted octanol–water partition coefficient (Wildman–Crippen LogP) is -0.261. The molecule has 2 amide bonds. The highest BCUT2D eigenvalue weighted by molar-refractivity contribution is 5.85. The van der Waals surface area contributed by atoms with Gasteiger partial charge in [-0.3, -0.25) is 9.59 Å². The number of carbonyl (C=O) groups is 2. The maximum absolute atomic E-state index is 11.3. The zero-order valence-corrected chi connectivity index (χ0v) is 9.01. The smallest absolute Gasteiger partial charge is 0.278 e. The van der Waals surface area contributed by atoms with E-state index in [0.717, 1.165) is 5.56 Å². The van der Waals surface area contributed by atoms with Crippen LogP contribution in [0.2, 0.25) is 0 Å². The van der Waals surface area contributed by atoms with E-state index in [1.165, 1.54) is 6.92 Å². The van der Waals surface area contributed by atoms with Crippen molar-refractivity contribution < 1.29 is 9.59 Å². The second-order valence-corrected chi connectivity index (χ2v) is 3.32. The Kier molecular flexibility index (Phi) is 4.47. The number of carbonyl (C=O) groups excluding carboxylic acids is 2. The molecular weight excluding hydrogens is 206 g/mol. The minimum Gasteiger partial charge on any atom is -0.333 e. The molecule has 0 heterocycles. The fraction of sp³-hybridized carbons (Fsp3) is 0.273. The van der Waals surface area contributed by atoms with Crippen molar-refractivity contribution in [3.63, 3.8) is 0 Å². The predicted molar refractivity (Wildman–Crippen MR) is 59.1 cm³/mol. The molecule has 16 heavy (non-hydrogen) atoms. The number of nitrogens with zero attached hydrogens (tertiary/aromatic N) is 1. The van der Waals surface area contributed by atoms with Crippen molar-refractivity contribution in [2.24, 2.45) is 5.73 Å². The van der Waals surface area contributed by atoms with Crippen LogP contribution in [0.1, 0.15) is 12.5 Å². The topological polar surface area (TPSA) is 86.3 Å². The first kappa shape index (κ1) is 12.2. The summed E-state index contributed by atoms with van der Waals surface area (Å²) in [5.74, 6) is -0.880. The summed E-state index contributed by atoms with van der Waals surface area (Å²) < 4.78 is 0. The summed E-state index contributed by atoms with van der Waals surface area (Å²) in [6.45, 7) is 1.57. The first-order valence-electron chi connectivity index (χ1n) is 4.87. The molecule has 1 atom stereocenters. The van der Waals surface area contributed by atoms with E-state index in [9.17, 15) is 9.59 Å². The molecule has 0 bridgehead atoms. The van der Waals surface area contributed by atoms with E-state index < -0.39 is 12.1 Å². The van der Waals surface area contributed by atoms with Crippen molar-refractivity contribution in [1.82, 2.24) is 10.6 Å². The molecule has 1 unspecified atom stereocenters. The van der Waals surface area contributed by atoms with Gasteiger partial charge in [-0.25, -0.2) is 5.32 Å². The van der Waals surface area contributed by atoms with Crippen molar-refractivity contribution in [2.75, 3.05) is 0 Å². The highest BCUT2D eigenvalue weighted by Gasteiger charge is 2.14. The Morgan fingerprint density at radius 2 is 2.00 bits per heavy atom. The fourth-order valence-corrected chi connectivity index (χ4v) is 1.13. The molecule has 0 aliphatic rings. The number of nitrogens with one attached hydrogen (secondary N) is 1. The van der Waals surface area contributed by atoms with Gasteiger partial charge in [0.15, 0.2) is 6.17 Å². The molecule has 0 saturated carbocycles. The van der Waals surface area contributed by atoms with E-state index >= 15 is 0 Å². The molecule has 0 saturated heterocycles. The normalized spacial score (nSPS) is 11.6. The fourth-order valence-electron chi connectivity index (χ4n) is 1.13. The van der Waals surface area contributed by atoms with Gasteiger partial charge < -0.3 is 11.1 Å². The number of benzene rings is 1. The molecule has 0 aliphatic carbocycles. The summed E-state index contributed by atoms with van der Waals surface area (Å²) in [6, 6.07) is 9.34. The van der Waals surface area contributed by atoms with Gasteiger partial charge in [-0.2, -0.15) is 0 Å². The highest BCUT2D eigenvalue weighted by Crippen LogP contribution is 1.97. The Balaban J connectivity index is 2.38. The molecule has 1 rings (SSSR count). The molecular formula is C11H14N3O2. The zero-order valence-electron chi connectivity index (χ0n) is 9.01. The Morgan fingerprint density at radius 3 is 2.56 bits per heavy atom. The van der Waals surface area contributed by atoms with Crippen LogP contribution in [0.25, 0.3) is 0 Å². The molecule has 3 N–H and O–H groups in total. The van der Waals surface area contributed by atoms with Crippen molar-refractivity contribution >= 4 is 11.8 Å². The maximum Gasteiger partial charge on any atom is 0.278 e. The van der Waals surface area contributed by atoms with Crippen LogP contribution >= 0.6 is 0 Å². The van der Waals surface area contributed by atoms with Gasteiger partial charge in [0.05, 0.1) is 6.54 Å². The average Bonchev–Trinajstić information content (AvgIpc) is 2.26. The monoisotopic (exact) mass is 220 g/mol. The van der Waals surface area contributed by atoms with E-state index in [4.69, 9.17) is 5.73 Å². The molecule has 5 heteroatoms. The molecule has 85 valence electrons. The van der Waals surface area contributed by atoms with Gasteiger partial charge in [-0.15, -0.1) is 0 Å². The lowest BCUT2D eigenvalue weighted by molar-refractivity contribution is -0.128.